The molecule has 2 amide bonds. The molecule has 3 nitrogen and oxygen atoms in total. The number of carbonyl (C=O) groups excluding carboxylic acids is 2. The number of nitrogens with zero attached hydrogens (tertiary/aromatic N) is 1. The van der Waals surface area contributed by atoms with Crippen molar-refractivity contribution in [3.63, 3.8) is 0 Å². The second kappa shape index (κ2) is 3.67. The van der Waals surface area contributed by atoms with Crippen LogP contribution in [0.4, 0.5) is 0 Å². The summed E-state index contributed by atoms with van der Waals surface area (Å²) in [5.74, 6) is -0.480. The molecule has 17 heavy (non-hydrogen) atoms. The number of thiophene rings is 1. The molecule has 2 heterocycles. The minimum Gasteiger partial charge on any atom is -0.285 e. The third-order valence-corrected chi connectivity index (χ3v) is 4.16. The number of carbonyl (C=O) groups is 2. The van der Waals surface area contributed by atoms with Gasteiger partial charge in [0.2, 0.25) is 11.8 Å². The Kier molecular flexibility index (Phi) is 2.26. The normalized spacial score (nSPS) is 20.5. The van der Waals surface area contributed by atoms with E-state index < -0.39 is 0 Å². The van der Waals surface area contributed by atoms with Gasteiger partial charge in [0.05, 0.1) is 5.92 Å². The van der Waals surface area contributed by atoms with Crippen LogP contribution in [0.3, 0.4) is 0 Å². The summed E-state index contributed by atoms with van der Waals surface area (Å²) in [6.45, 7) is 0. The Hall–Kier alpha value is -1.68. The Bertz CT molecular complexity index is 617. The van der Waals surface area contributed by atoms with Gasteiger partial charge >= 0.3 is 0 Å². The number of rotatable bonds is 1. The van der Waals surface area contributed by atoms with Crippen LogP contribution in [-0.2, 0) is 9.59 Å². The summed E-state index contributed by atoms with van der Waals surface area (Å²) in [6.07, 6.45) is 0.297. The summed E-state index contributed by atoms with van der Waals surface area (Å²) >= 11 is 1.68. The Morgan fingerprint density at radius 3 is 2.82 bits per heavy atom. The van der Waals surface area contributed by atoms with Gasteiger partial charge in [0, 0.05) is 18.2 Å². The van der Waals surface area contributed by atoms with Crippen molar-refractivity contribution in [3.05, 3.63) is 35.2 Å². The first kappa shape index (κ1) is 10.5. The van der Waals surface area contributed by atoms with Gasteiger partial charge in [-0.15, -0.1) is 11.3 Å². The Morgan fingerprint density at radius 1 is 1.29 bits per heavy atom. The van der Waals surface area contributed by atoms with Gasteiger partial charge in [-0.3, -0.25) is 14.5 Å². The molecule has 1 aromatic heterocycles. The van der Waals surface area contributed by atoms with Crippen LogP contribution in [0.2, 0.25) is 0 Å². The minimum atomic E-state index is -0.295. The van der Waals surface area contributed by atoms with Crippen molar-refractivity contribution < 1.29 is 9.59 Å². The van der Waals surface area contributed by atoms with E-state index in [1.165, 1.54) is 9.60 Å². The molecule has 1 atom stereocenters. The number of likely N-dealkylation sites (N-methyl/N-ethyl adjacent to an activating group) is 1. The van der Waals surface area contributed by atoms with Crippen LogP contribution in [0.25, 0.3) is 10.1 Å². The molecule has 1 saturated heterocycles. The summed E-state index contributed by atoms with van der Waals surface area (Å²) < 4.78 is 1.21. The predicted octanol–water partition coefficient (Wildman–Crippen LogP) is 2.37. The van der Waals surface area contributed by atoms with E-state index in [-0.39, 0.29) is 17.7 Å². The van der Waals surface area contributed by atoms with Gasteiger partial charge in [-0.2, -0.15) is 0 Å². The predicted molar refractivity (Wildman–Crippen MR) is 67.0 cm³/mol. The summed E-state index contributed by atoms with van der Waals surface area (Å²) in [7, 11) is 1.55. The summed E-state index contributed by atoms with van der Waals surface area (Å²) in [5, 5.41) is 3.17. The van der Waals surface area contributed by atoms with Gasteiger partial charge in [0.15, 0.2) is 0 Å². The fourth-order valence-electron chi connectivity index (χ4n) is 2.22. The van der Waals surface area contributed by atoms with E-state index in [0.29, 0.717) is 6.42 Å². The molecule has 2 aromatic rings. The van der Waals surface area contributed by atoms with Crippen LogP contribution < -0.4 is 0 Å². The van der Waals surface area contributed by atoms with E-state index in [1.54, 1.807) is 18.4 Å². The van der Waals surface area contributed by atoms with Crippen LogP contribution in [0, 0.1) is 0 Å². The molecule has 1 fully saturated rings. The first-order valence-corrected chi connectivity index (χ1v) is 6.32. The lowest BCUT2D eigenvalue weighted by Gasteiger charge is -2.09. The van der Waals surface area contributed by atoms with Crippen molar-refractivity contribution in [2.24, 2.45) is 0 Å². The van der Waals surface area contributed by atoms with E-state index in [1.807, 2.05) is 29.6 Å². The Morgan fingerprint density at radius 2 is 2.12 bits per heavy atom. The van der Waals surface area contributed by atoms with Gasteiger partial charge in [-0.1, -0.05) is 6.07 Å². The first-order chi connectivity index (χ1) is 8.16. The molecule has 0 aliphatic carbocycles. The molecule has 1 unspecified atom stereocenters. The van der Waals surface area contributed by atoms with E-state index in [4.69, 9.17) is 0 Å². The van der Waals surface area contributed by atoms with Gasteiger partial charge in [-0.05, 0) is 34.5 Å². The first-order valence-electron chi connectivity index (χ1n) is 5.44. The van der Waals surface area contributed by atoms with Crippen LogP contribution in [0.1, 0.15) is 17.9 Å². The highest BCUT2D eigenvalue weighted by Gasteiger charge is 2.36. The third-order valence-electron chi connectivity index (χ3n) is 3.26. The molecule has 1 aliphatic heterocycles. The Balaban J connectivity index is 2.04. The van der Waals surface area contributed by atoms with Gasteiger partial charge in [-0.25, -0.2) is 0 Å². The third kappa shape index (κ3) is 1.56. The fraction of sp³-hybridized carbons (Fsp3) is 0.231. The zero-order valence-corrected chi connectivity index (χ0v) is 10.2. The molecule has 3 rings (SSSR count). The lowest BCUT2D eigenvalue weighted by atomic mass is 9.97. The van der Waals surface area contributed by atoms with Crippen molar-refractivity contribution in [3.8, 4) is 0 Å². The second-order valence-electron chi connectivity index (χ2n) is 4.27. The monoisotopic (exact) mass is 245 g/mol. The van der Waals surface area contributed by atoms with E-state index in [2.05, 4.69) is 0 Å². The minimum absolute atomic E-state index is 0.0922. The molecule has 0 radical (unpaired) electrons. The number of likely N-dealkylation sites (tertiary alicyclic amines) is 1. The number of fused-ring (bicyclic) bond motifs is 1. The fourth-order valence-corrected chi connectivity index (χ4v) is 2.99. The van der Waals surface area contributed by atoms with Crippen molar-refractivity contribution in [1.82, 2.24) is 4.90 Å². The van der Waals surface area contributed by atoms with Crippen LogP contribution in [-0.4, -0.2) is 23.8 Å². The molecule has 0 saturated carbocycles. The standard InChI is InChI=1S/C13H11NO2S/c1-14-12(15)7-10(13(14)16)8-2-3-11-9(6-8)4-5-17-11/h2-6,10H,7H2,1H3. The highest BCUT2D eigenvalue weighted by molar-refractivity contribution is 7.17. The maximum atomic E-state index is 11.9. The molecule has 86 valence electrons. The zero-order chi connectivity index (χ0) is 12.0. The van der Waals surface area contributed by atoms with Gasteiger partial charge in [0.25, 0.3) is 0 Å². The molecule has 0 N–H and O–H groups in total. The summed E-state index contributed by atoms with van der Waals surface area (Å²) in [4.78, 5) is 24.6. The molecule has 0 spiro atoms. The average molecular weight is 245 g/mol. The maximum absolute atomic E-state index is 11.9. The molecule has 4 heteroatoms. The van der Waals surface area contributed by atoms with Crippen LogP contribution in [0.5, 0.6) is 0 Å². The summed E-state index contributed by atoms with van der Waals surface area (Å²) in [6, 6.07) is 8.02. The van der Waals surface area contributed by atoms with Crippen molar-refractivity contribution in [2.75, 3.05) is 7.05 Å². The molecule has 1 aliphatic rings. The molecule has 1 aromatic carbocycles. The molecular formula is C13H11NO2S. The smallest absolute Gasteiger partial charge is 0.236 e. The van der Waals surface area contributed by atoms with E-state index in [9.17, 15) is 9.59 Å². The zero-order valence-electron chi connectivity index (χ0n) is 9.34. The molecular weight excluding hydrogens is 234 g/mol. The van der Waals surface area contributed by atoms with Crippen molar-refractivity contribution in [2.45, 2.75) is 12.3 Å². The quantitative estimate of drug-likeness (QED) is 0.723. The number of benzene rings is 1. The van der Waals surface area contributed by atoms with Gasteiger partial charge < -0.3 is 0 Å². The van der Waals surface area contributed by atoms with E-state index in [0.717, 1.165) is 10.9 Å². The van der Waals surface area contributed by atoms with Gasteiger partial charge in [0.1, 0.15) is 0 Å². The number of amides is 2. The second-order valence-corrected chi connectivity index (χ2v) is 5.21. The topological polar surface area (TPSA) is 37.4 Å². The van der Waals surface area contributed by atoms with Crippen molar-refractivity contribution >= 4 is 33.2 Å². The largest absolute Gasteiger partial charge is 0.285 e. The average Bonchev–Trinajstić information content (AvgIpc) is 2.89. The SMILES string of the molecule is CN1C(=O)CC(c2ccc3sccc3c2)C1=O. The maximum Gasteiger partial charge on any atom is 0.236 e. The Labute approximate surface area is 103 Å². The highest BCUT2D eigenvalue weighted by Crippen LogP contribution is 2.31. The number of hydrogen-bond acceptors (Lipinski definition) is 3. The molecule has 0 bridgehead atoms. The lowest BCUT2D eigenvalue weighted by Crippen LogP contribution is -2.25. The summed E-state index contributed by atoms with van der Waals surface area (Å²) in [5.41, 5.74) is 0.943. The number of hydrogen-bond donors (Lipinski definition) is 0. The van der Waals surface area contributed by atoms with E-state index >= 15 is 0 Å². The van der Waals surface area contributed by atoms with Crippen molar-refractivity contribution in [1.29, 1.82) is 0 Å². The number of imide groups is 1. The van der Waals surface area contributed by atoms with Crippen LogP contribution in [0.15, 0.2) is 29.6 Å². The highest BCUT2D eigenvalue weighted by atomic mass is 32.1. The van der Waals surface area contributed by atoms with Crippen LogP contribution >= 0.6 is 11.3 Å². The lowest BCUT2D eigenvalue weighted by molar-refractivity contribution is -0.137.